The van der Waals surface area contributed by atoms with Crippen molar-refractivity contribution in [1.82, 2.24) is 5.32 Å². The summed E-state index contributed by atoms with van der Waals surface area (Å²) in [5.41, 5.74) is 0.110. The molecule has 0 aromatic heterocycles. The van der Waals surface area contributed by atoms with Crippen molar-refractivity contribution in [1.29, 1.82) is 0 Å². The molecule has 5 atom stereocenters. The van der Waals surface area contributed by atoms with Gasteiger partial charge < -0.3 is 29.0 Å². The summed E-state index contributed by atoms with van der Waals surface area (Å²) in [5, 5.41) is 2.56. The van der Waals surface area contributed by atoms with Crippen molar-refractivity contribution in [2.45, 2.75) is 66.2 Å². The Morgan fingerprint density at radius 1 is 0.944 bits per heavy atom. The Labute approximate surface area is 227 Å². The van der Waals surface area contributed by atoms with Gasteiger partial charge in [0.1, 0.15) is 30.8 Å². The van der Waals surface area contributed by atoms with Gasteiger partial charge in [-0.1, -0.05) is 64.3 Å². The van der Waals surface area contributed by atoms with Crippen LogP contribution in [0.15, 0.2) is 29.2 Å². The first kappa shape index (κ1) is 30.3. The van der Waals surface area contributed by atoms with E-state index >= 15 is 0 Å². The summed E-state index contributed by atoms with van der Waals surface area (Å²) in [7, 11) is 0. The molecule has 1 aliphatic rings. The minimum atomic E-state index is -1.86. The Hall–Kier alpha value is -1.92. The van der Waals surface area contributed by atoms with Crippen LogP contribution in [0.25, 0.3) is 0 Å². The van der Waals surface area contributed by atoms with Gasteiger partial charge in [-0.15, -0.1) is 0 Å². The summed E-state index contributed by atoms with van der Waals surface area (Å²) < 4.78 is 25.2. The molecule has 1 saturated heterocycles. The predicted molar refractivity (Wildman–Crippen MR) is 132 cm³/mol. The number of hydrogen-bond donors (Lipinski definition) is 1. The van der Waals surface area contributed by atoms with Crippen LogP contribution in [0.2, 0.25) is 0 Å². The van der Waals surface area contributed by atoms with Crippen LogP contribution in [0, 0.1) is 6.92 Å². The number of halogens is 3. The highest BCUT2D eigenvalue weighted by Crippen LogP contribution is 2.36. The number of alkyl carbamates (subject to hydrolysis) is 1. The van der Waals surface area contributed by atoms with E-state index in [0.717, 1.165) is 24.3 Å². The fourth-order valence-corrected chi connectivity index (χ4v) is 4.53. The van der Waals surface area contributed by atoms with Crippen LogP contribution in [0.3, 0.4) is 0 Å². The summed E-state index contributed by atoms with van der Waals surface area (Å²) in [4.78, 5) is 48.7. The zero-order chi connectivity index (χ0) is 27.0. The third-order valence-electron chi connectivity index (χ3n) is 4.63. The third kappa shape index (κ3) is 10.2. The maximum atomic E-state index is 12.6. The van der Waals surface area contributed by atoms with Crippen molar-refractivity contribution in [2.75, 3.05) is 13.2 Å². The number of ether oxygens (including phenoxy) is 5. The number of nitrogens with one attached hydrogen (secondary N) is 1. The standard InChI is InChI=1S/C22H26Cl3NO9S/c1-11-5-7-15(8-6-11)36-20-17(26-21(30)32-10-22(23,24)25)19(34-14(4)29)18(33-13(3)28)16(35-20)9-31-12(2)27/h5-8,16-20H,9-10H2,1-4H3,(H,26,30)/t16-,17-,18+,19-,20+/m1/s1. The first-order valence-electron chi connectivity index (χ1n) is 10.6. The number of amides is 1. The van der Waals surface area contributed by atoms with E-state index in [1.54, 1.807) is 0 Å². The first-order chi connectivity index (χ1) is 16.7. The van der Waals surface area contributed by atoms with Gasteiger partial charge in [0, 0.05) is 25.7 Å². The molecule has 1 fully saturated rings. The van der Waals surface area contributed by atoms with Crippen LogP contribution in [-0.2, 0) is 38.1 Å². The van der Waals surface area contributed by atoms with Gasteiger partial charge in [0.15, 0.2) is 12.2 Å². The molecule has 1 N–H and O–H groups in total. The van der Waals surface area contributed by atoms with Gasteiger partial charge >= 0.3 is 24.0 Å². The molecule has 36 heavy (non-hydrogen) atoms. The molecular formula is C22H26Cl3NO9S. The van der Waals surface area contributed by atoms with Gasteiger partial charge in [-0.05, 0) is 19.1 Å². The Balaban J connectivity index is 2.44. The SMILES string of the molecule is CC(=O)OC[C@H]1O[C@@H](Sc2ccc(C)cc2)[C@H](NC(=O)OCC(Cl)(Cl)Cl)[C@@H](OC(C)=O)[C@H]1OC(C)=O. The van der Waals surface area contributed by atoms with Crippen LogP contribution >= 0.6 is 46.6 Å². The maximum Gasteiger partial charge on any atom is 0.407 e. The first-order valence-corrected chi connectivity index (χ1v) is 12.6. The molecule has 0 radical (unpaired) electrons. The molecule has 14 heteroatoms. The van der Waals surface area contributed by atoms with Crippen molar-refractivity contribution in [3.8, 4) is 0 Å². The molecule has 200 valence electrons. The van der Waals surface area contributed by atoms with Gasteiger partial charge in [0.05, 0.1) is 0 Å². The minimum absolute atomic E-state index is 0.305. The van der Waals surface area contributed by atoms with Crippen LogP contribution in [0.4, 0.5) is 4.79 Å². The molecule has 0 bridgehead atoms. The van der Waals surface area contributed by atoms with Gasteiger partial charge in [0.25, 0.3) is 0 Å². The Morgan fingerprint density at radius 3 is 2.06 bits per heavy atom. The lowest BCUT2D eigenvalue weighted by atomic mass is 9.97. The zero-order valence-electron chi connectivity index (χ0n) is 19.8. The number of esters is 3. The van der Waals surface area contributed by atoms with E-state index < -0.39 is 64.2 Å². The molecule has 0 unspecified atom stereocenters. The molecule has 1 heterocycles. The number of alkyl halides is 3. The van der Waals surface area contributed by atoms with Crippen LogP contribution < -0.4 is 5.32 Å². The van der Waals surface area contributed by atoms with E-state index in [0.29, 0.717) is 0 Å². The molecule has 0 aliphatic carbocycles. The highest BCUT2D eigenvalue weighted by Gasteiger charge is 2.51. The number of rotatable bonds is 8. The largest absolute Gasteiger partial charge is 0.463 e. The van der Waals surface area contributed by atoms with Crippen LogP contribution in [0.1, 0.15) is 26.3 Å². The van der Waals surface area contributed by atoms with Crippen molar-refractivity contribution in [3.05, 3.63) is 29.8 Å². The molecule has 1 aliphatic heterocycles. The van der Waals surface area contributed by atoms with E-state index in [1.165, 1.54) is 18.7 Å². The number of carbonyl (C=O) groups excluding carboxylic acids is 4. The number of thioether (sulfide) groups is 1. The molecule has 1 aromatic rings. The van der Waals surface area contributed by atoms with E-state index in [4.69, 9.17) is 58.5 Å². The average Bonchev–Trinajstić information content (AvgIpc) is 2.75. The molecule has 2 rings (SSSR count). The van der Waals surface area contributed by atoms with Crippen molar-refractivity contribution < 1.29 is 42.9 Å². The van der Waals surface area contributed by atoms with Crippen molar-refractivity contribution in [3.63, 3.8) is 0 Å². The highest BCUT2D eigenvalue weighted by molar-refractivity contribution is 7.99. The smallest absolute Gasteiger partial charge is 0.407 e. The number of aryl methyl sites for hydroxylation is 1. The lowest BCUT2D eigenvalue weighted by Crippen LogP contribution is -2.65. The minimum Gasteiger partial charge on any atom is -0.463 e. The molecule has 1 amide bonds. The fraction of sp³-hybridized carbons (Fsp3) is 0.545. The number of hydrogen-bond acceptors (Lipinski definition) is 10. The lowest BCUT2D eigenvalue weighted by molar-refractivity contribution is -0.211. The summed E-state index contributed by atoms with van der Waals surface area (Å²) >= 11 is 18.2. The van der Waals surface area contributed by atoms with Crippen LogP contribution in [0.5, 0.6) is 0 Å². The summed E-state index contributed by atoms with van der Waals surface area (Å²) in [6.07, 6.45) is -4.51. The van der Waals surface area contributed by atoms with E-state index in [2.05, 4.69) is 5.32 Å². The maximum absolute atomic E-state index is 12.6. The average molecular weight is 587 g/mol. The van der Waals surface area contributed by atoms with Crippen molar-refractivity contribution >= 4 is 70.6 Å². The van der Waals surface area contributed by atoms with Crippen molar-refractivity contribution in [2.24, 2.45) is 0 Å². The summed E-state index contributed by atoms with van der Waals surface area (Å²) in [5.74, 6) is -2.02. The Morgan fingerprint density at radius 2 is 1.53 bits per heavy atom. The topological polar surface area (TPSA) is 126 Å². The Bertz CT molecular complexity index is 942. The molecule has 10 nitrogen and oxygen atoms in total. The van der Waals surface area contributed by atoms with E-state index in [-0.39, 0.29) is 6.61 Å². The number of carbonyl (C=O) groups is 4. The summed E-state index contributed by atoms with van der Waals surface area (Å²) in [6, 6.07) is 6.33. The van der Waals surface area contributed by atoms with Gasteiger partial charge in [-0.25, -0.2) is 4.79 Å². The highest BCUT2D eigenvalue weighted by atomic mass is 35.6. The quantitative estimate of drug-likeness (QED) is 0.274. The third-order valence-corrected chi connectivity index (χ3v) is 6.13. The van der Waals surface area contributed by atoms with Gasteiger partial charge in [-0.2, -0.15) is 0 Å². The van der Waals surface area contributed by atoms with Crippen LogP contribution in [-0.4, -0.2) is 70.8 Å². The Kier molecular flexibility index (Phi) is 11.4. The zero-order valence-corrected chi connectivity index (χ0v) is 22.9. The van der Waals surface area contributed by atoms with E-state index in [1.807, 2.05) is 31.2 Å². The monoisotopic (exact) mass is 585 g/mol. The van der Waals surface area contributed by atoms with Gasteiger partial charge in [-0.3, -0.25) is 14.4 Å². The van der Waals surface area contributed by atoms with Gasteiger partial charge in [0.2, 0.25) is 3.79 Å². The molecule has 0 saturated carbocycles. The second kappa shape index (κ2) is 13.6. The molecular weight excluding hydrogens is 561 g/mol. The van der Waals surface area contributed by atoms with E-state index in [9.17, 15) is 19.2 Å². The second-order valence-electron chi connectivity index (χ2n) is 7.79. The second-order valence-corrected chi connectivity index (χ2v) is 11.5. The molecule has 0 spiro atoms. The molecule has 1 aromatic carbocycles. The lowest BCUT2D eigenvalue weighted by Gasteiger charge is -2.44. The summed E-state index contributed by atoms with van der Waals surface area (Å²) in [6.45, 7) is 4.57. The normalized spacial score (nSPS) is 23.8. The predicted octanol–water partition coefficient (Wildman–Crippen LogP) is 3.70. The number of benzene rings is 1. The fourth-order valence-electron chi connectivity index (χ4n) is 3.23.